The summed E-state index contributed by atoms with van der Waals surface area (Å²) in [5.41, 5.74) is 6.81. The van der Waals surface area contributed by atoms with Crippen molar-refractivity contribution in [1.82, 2.24) is 0 Å². The summed E-state index contributed by atoms with van der Waals surface area (Å²) in [7, 11) is 0. The van der Waals surface area contributed by atoms with E-state index >= 15 is 0 Å². The molecule has 0 aromatic heterocycles. The third-order valence-corrected chi connectivity index (χ3v) is 3.36. The molecule has 0 fully saturated rings. The highest BCUT2D eigenvalue weighted by Gasteiger charge is 2.20. The van der Waals surface area contributed by atoms with E-state index in [9.17, 15) is 4.79 Å². The van der Waals surface area contributed by atoms with E-state index in [1.165, 1.54) is 0 Å². The second-order valence-corrected chi connectivity index (χ2v) is 5.45. The van der Waals surface area contributed by atoms with E-state index < -0.39 is 5.41 Å². The minimum Gasteiger partial charge on any atom is -0.327 e. The molecule has 1 aromatic carbocycles. The van der Waals surface area contributed by atoms with Crippen LogP contribution in [-0.2, 0) is 10.2 Å². The van der Waals surface area contributed by atoms with Gasteiger partial charge in [0.2, 0.25) is 5.91 Å². The number of hydrogen-bond donors (Lipinski definition) is 2. The first-order valence-corrected chi connectivity index (χ1v) is 6.36. The molecule has 4 nitrogen and oxygen atoms in total. The first kappa shape index (κ1) is 15.2. The number of amides is 1. The zero-order chi connectivity index (χ0) is 14.6. The lowest BCUT2D eigenvalue weighted by atomic mass is 9.86. The Morgan fingerprint density at radius 1 is 1.32 bits per heavy atom. The summed E-state index contributed by atoms with van der Waals surface area (Å²) in [6.07, 6.45) is 0. The molecular formula is C15H21N3O. The number of nitriles is 1. The molecular weight excluding hydrogens is 238 g/mol. The van der Waals surface area contributed by atoms with Crippen LogP contribution in [-0.4, -0.2) is 11.9 Å². The average molecular weight is 259 g/mol. The molecule has 0 spiro atoms. The van der Waals surface area contributed by atoms with Crippen molar-refractivity contribution in [3.63, 3.8) is 0 Å². The van der Waals surface area contributed by atoms with Crippen LogP contribution in [0, 0.1) is 17.2 Å². The van der Waals surface area contributed by atoms with E-state index in [1.54, 1.807) is 19.1 Å². The topological polar surface area (TPSA) is 78.9 Å². The minimum absolute atomic E-state index is 0.0951. The first-order chi connectivity index (χ1) is 8.77. The summed E-state index contributed by atoms with van der Waals surface area (Å²) in [6.45, 7) is 7.33. The Morgan fingerprint density at radius 3 is 2.26 bits per heavy atom. The van der Waals surface area contributed by atoms with Crippen LogP contribution in [0.3, 0.4) is 0 Å². The van der Waals surface area contributed by atoms with E-state index in [-0.39, 0.29) is 17.9 Å². The van der Waals surface area contributed by atoms with Gasteiger partial charge in [0.05, 0.1) is 17.4 Å². The predicted octanol–water partition coefficient (Wildman–Crippen LogP) is 2.41. The van der Waals surface area contributed by atoms with Gasteiger partial charge in [-0.25, -0.2) is 0 Å². The molecule has 0 saturated carbocycles. The quantitative estimate of drug-likeness (QED) is 0.871. The van der Waals surface area contributed by atoms with Crippen LogP contribution in [0.5, 0.6) is 0 Å². The molecule has 0 heterocycles. The van der Waals surface area contributed by atoms with Crippen molar-refractivity contribution in [3.05, 3.63) is 29.8 Å². The van der Waals surface area contributed by atoms with E-state index in [2.05, 4.69) is 11.4 Å². The van der Waals surface area contributed by atoms with Gasteiger partial charge in [0.15, 0.2) is 0 Å². The maximum Gasteiger partial charge on any atom is 0.228 e. The van der Waals surface area contributed by atoms with Crippen molar-refractivity contribution in [2.75, 3.05) is 5.32 Å². The van der Waals surface area contributed by atoms with Crippen molar-refractivity contribution in [2.45, 2.75) is 39.2 Å². The third-order valence-electron chi connectivity index (χ3n) is 3.36. The fourth-order valence-corrected chi connectivity index (χ4v) is 1.53. The van der Waals surface area contributed by atoms with Crippen molar-refractivity contribution in [3.8, 4) is 6.07 Å². The molecule has 0 aliphatic heterocycles. The number of nitrogens with zero attached hydrogens (tertiary/aromatic N) is 1. The lowest BCUT2D eigenvalue weighted by Gasteiger charge is -2.18. The molecule has 1 rings (SSSR count). The number of nitrogens with one attached hydrogen (secondary N) is 1. The van der Waals surface area contributed by atoms with Crippen molar-refractivity contribution in [1.29, 1.82) is 5.26 Å². The van der Waals surface area contributed by atoms with Crippen LogP contribution in [0.25, 0.3) is 0 Å². The molecule has 102 valence electrons. The monoisotopic (exact) mass is 259 g/mol. The van der Waals surface area contributed by atoms with Crippen molar-refractivity contribution in [2.24, 2.45) is 11.7 Å². The zero-order valence-electron chi connectivity index (χ0n) is 11.9. The Labute approximate surface area is 114 Å². The first-order valence-electron chi connectivity index (χ1n) is 6.36. The third kappa shape index (κ3) is 3.80. The Morgan fingerprint density at radius 2 is 1.84 bits per heavy atom. The highest BCUT2D eigenvalue weighted by Crippen LogP contribution is 2.23. The number of hydrogen-bond acceptors (Lipinski definition) is 3. The Kier molecular flexibility index (Phi) is 4.68. The zero-order valence-corrected chi connectivity index (χ0v) is 11.9. The van der Waals surface area contributed by atoms with Gasteiger partial charge in [0.25, 0.3) is 0 Å². The van der Waals surface area contributed by atoms with Crippen LogP contribution in [0.15, 0.2) is 24.3 Å². The number of anilines is 1. The summed E-state index contributed by atoms with van der Waals surface area (Å²) in [5.74, 6) is -0.336. The average Bonchev–Trinajstić information content (AvgIpc) is 2.38. The highest BCUT2D eigenvalue weighted by atomic mass is 16.1. The van der Waals surface area contributed by atoms with E-state index in [1.807, 2.05) is 32.9 Å². The van der Waals surface area contributed by atoms with E-state index in [0.29, 0.717) is 0 Å². The van der Waals surface area contributed by atoms with Gasteiger partial charge >= 0.3 is 0 Å². The molecule has 1 amide bonds. The molecule has 2 atom stereocenters. The Balaban J connectivity index is 2.79. The molecule has 2 unspecified atom stereocenters. The number of benzene rings is 1. The second-order valence-electron chi connectivity index (χ2n) is 5.45. The van der Waals surface area contributed by atoms with Gasteiger partial charge in [-0.1, -0.05) is 19.1 Å². The maximum atomic E-state index is 11.8. The van der Waals surface area contributed by atoms with Gasteiger partial charge in [-0.3, -0.25) is 4.79 Å². The number of carbonyl (C=O) groups excluding carboxylic acids is 1. The number of carbonyl (C=O) groups is 1. The smallest absolute Gasteiger partial charge is 0.228 e. The maximum absolute atomic E-state index is 11.8. The lowest BCUT2D eigenvalue weighted by molar-refractivity contribution is -0.119. The standard InChI is InChI=1S/C15H21N3O/c1-10(11(2)17)14(19)18-13-7-5-12(6-8-13)15(3,4)9-16/h5-8,10-11H,17H2,1-4H3,(H,18,19). The molecule has 0 bridgehead atoms. The minimum atomic E-state index is -0.526. The van der Waals surface area contributed by atoms with Crippen molar-refractivity contribution >= 4 is 11.6 Å². The number of rotatable bonds is 4. The van der Waals surface area contributed by atoms with Crippen molar-refractivity contribution < 1.29 is 4.79 Å². The van der Waals surface area contributed by atoms with Gasteiger partial charge in [-0.2, -0.15) is 5.26 Å². The summed E-state index contributed by atoms with van der Waals surface area (Å²) in [6, 6.07) is 9.39. The van der Waals surface area contributed by atoms with Crippen LogP contribution >= 0.6 is 0 Å². The van der Waals surface area contributed by atoms with Crippen LogP contribution < -0.4 is 11.1 Å². The largest absolute Gasteiger partial charge is 0.327 e. The van der Waals surface area contributed by atoms with E-state index in [0.717, 1.165) is 11.3 Å². The van der Waals surface area contributed by atoms with Gasteiger partial charge in [0, 0.05) is 11.7 Å². The fraction of sp³-hybridized carbons (Fsp3) is 0.467. The number of nitrogens with two attached hydrogens (primary N) is 1. The van der Waals surface area contributed by atoms with E-state index in [4.69, 9.17) is 11.0 Å². The van der Waals surface area contributed by atoms with Crippen LogP contribution in [0.1, 0.15) is 33.3 Å². The second kappa shape index (κ2) is 5.85. The molecule has 3 N–H and O–H groups in total. The Bertz CT molecular complexity index is 483. The summed E-state index contributed by atoms with van der Waals surface area (Å²) >= 11 is 0. The summed E-state index contributed by atoms with van der Waals surface area (Å²) in [4.78, 5) is 11.8. The molecule has 0 radical (unpaired) electrons. The molecule has 0 aliphatic carbocycles. The van der Waals surface area contributed by atoms with Crippen LogP contribution in [0.4, 0.5) is 5.69 Å². The SMILES string of the molecule is CC(N)C(C)C(=O)Nc1ccc(C(C)(C)C#N)cc1. The highest BCUT2D eigenvalue weighted by molar-refractivity contribution is 5.92. The predicted molar refractivity (Wildman–Crippen MR) is 76.5 cm³/mol. The molecule has 1 aromatic rings. The lowest BCUT2D eigenvalue weighted by Crippen LogP contribution is -2.34. The molecule has 4 heteroatoms. The fourth-order valence-electron chi connectivity index (χ4n) is 1.53. The Hall–Kier alpha value is -1.86. The summed E-state index contributed by atoms with van der Waals surface area (Å²) in [5, 5.41) is 11.9. The van der Waals surface area contributed by atoms with Gasteiger partial charge in [-0.05, 0) is 38.5 Å². The summed E-state index contributed by atoms with van der Waals surface area (Å²) < 4.78 is 0. The molecule has 19 heavy (non-hydrogen) atoms. The normalized spacial score (nSPS) is 14.3. The van der Waals surface area contributed by atoms with Gasteiger partial charge < -0.3 is 11.1 Å². The molecule has 0 aliphatic rings. The van der Waals surface area contributed by atoms with Gasteiger partial charge in [0.1, 0.15) is 0 Å². The van der Waals surface area contributed by atoms with Crippen LogP contribution in [0.2, 0.25) is 0 Å². The van der Waals surface area contributed by atoms with Gasteiger partial charge in [-0.15, -0.1) is 0 Å². The molecule has 0 saturated heterocycles.